The van der Waals surface area contributed by atoms with E-state index in [1.54, 1.807) is 14.2 Å². The van der Waals surface area contributed by atoms with Gasteiger partial charge < -0.3 is 15.2 Å². The Hall–Kier alpha value is -1.10. The SMILES string of the molecule is COCC1CCCN(C(CN)c2ccc(OC)c(C)c2)C1. The lowest BCUT2D eigenvalue weighted by Crippen LogP contribution is -2.42. The number of hydrogen-bond acceptors (Lipinski definition) is 4. The normalized spacial score (nSPS) is 21.2. The van der Waals surface area contributed by atoms with Crippen LogP contribution in [-0.4, -0.2) is 45.4 Å². The van der Waals surface area contributed by atoms with Gasteiger partial charge in [-0.05, 0) is 49.4 Å². The van der Waals surface area contributed by atoms with E-state index < -0.39 is 0 Å². The van der Waals surface area contributed by atoms with E-state index in [2.05, 4.69) is 24.0 Å². The van der Waals surface area contributed by atoms with Gasteiger partial charge in [0.15, 0.2) is 0 Å². The number of aryl methyl sites for hydroxylation is 1. The standard InChI is InChI=1S/C17H28N2O2/c1-13-9-15(6-7-17(13)21-3)16(10-18)19-8-4-5-14(11-19)12-20-2/h6-7,9,14,16H,4-5,8,10-12,18H2,1-3H3. The maximum atomic E-state index is 6.07. The van der Waals surface area contributed by atoms with E-state index in [1.807, 2.05) is 6.07 Å². The predicted molar refractivity (Wildman–Crippen MR) is 85.7 cm³/mol. The van der Waals surface area contributed by atoms with Crippen LogP contribution in [0.25, 0.3) is 0 Å². The number of piperidine rings is 1. The van der Waals surface area contributed by atoms with Crippen LogP contribution in [0.15, 0.2) is 18.2 Å². The molecule has 1 saturated heterocycles. The van der Waals surface area contributed by atoms with Gasteiger partial charge in [0.2, 0.25) is 0 Å². The number of nitrogens with zero attached hydrogens (tertiary/aromatic N) is 1. The van der Waals surface area contributed by atoms with Crippen LogP contribution in [0.4, 0.5) is 0 Å². The highest BCUT2D eigenvalue weighted by Crippen LogP contribution is 2.29. The van der Waals surface area contributed by atoms with Gasteiger partial charge in [0.05, 0.1) is 13.7 Å². The molecule has 1 aromatic carbocycles. The zero-order chi connectivity index (χ0) is 15.2. The first kappa shape index (κ1) is 16.3. The van der Waals surface area contributed by atoms with Gasteiger partial charge in [-0.1, -0.05) is 12.1 Å². The van der Waals surface area contributed by atoms with Crippen LogP contribution in [0, 0.1) is 12.8 Å². The van der Waals surface area contributed by atoms with E-state index in [-0.39, 0.29) is 6.04 Å². The van der Waals surface area contributed by atoms with Crippen molar-refractivity contribution < 1.29 is 9.47 Å². The van der Waals surface area contributed by atoms with Crippen LogP contribution in [0.5, 0.6) is 5.75 Å². The van der Waals surface area contributed by atoms with Gasteiger partial charge in [0.25, 0.3) is 0 Å². The molecule has 0 amide bonds. The molecule has 2 atom stereocenters. The molecule has 1 aliphatic heterocycles. The largest absolute Gasteiger partial charge is 0.496 e. The first-order chi connectivity index (χ1) is 10.2. The molecule has 1 fully saturated rings. The monoisotopic (exact) mass is 292 g/mol. The van der Waals surface area contributed by atoms with Crippen molar-refractivity contribution >= 4 is 0 Å². The molecular formula is C17H28N2O2. The summed E-state index contributed by atoms with van der Waals surface area (Å²) in [6.45, 7) is 5.76. The van der Waals surface area contributed by atoms with Gasteiger partial charge in [-0.15, -0.1) is 0 Å². The maximum absolute atomic E-state index is 6.07. The minimum atomic E-state index is 0.286. The molecule has 0 aromatic heterocycles. The molecule has 1 aliphatic rings. The molecule has 0 saturated carbocycles. The third-order valence-corrected chi connectivity index (χ3v) is 4.42. The lowest BCUT2D eigenvalue weighted by molar-refractivity contribution is 0.0696. The van der Waals surface area contributed by atoms with Crippen LogP contribution in [0.1, 0.15) is 30.0 Å². The summed E-state index contributed by atoms with van der Waals surface area (Å²) in [7, 11) is 3.49. The number of nitrogens with two attached hydrogens (primary N) is 1. The Kier molecular flexibility index (Phi) is 6.03. The average Bonchev–Trinajstić information content (AvgIpc) is 2.49. The molecule has 0 aliphatic carbocycles. The molecular weight excluding hydrogens is 264 g/mol. The van der Waals surface area contributed by atoms with Crippen molar-refractivity contribution in [3.05, 3.63) is 29.3 Å². The Labute approximate surface area is 128 Å². The molecule has 2 N–H and O–H groups in total. The highest BCUT2D eigenvalue weighted by Gasteiger charge is 2.26. The number of rotatable bonds is 6. The molecule has 2 unspecified atom stereocenters. The predicted octanol–water partition coefficient (Wildman–Crippen LogP) is 2.36. The maximum Gasteiger partial charge on any atom is 0.121 e. The summed E-state index contributed by atoms with van der Waals surface area (Å²) in [4.78, 5) is 2.51. The molecule has 1 heterocycles. The summed E-state index contributed by atoms with van der Waals surface area (Å²) in [6, 6.07) is 6.68. The van der Waals surface area contributed by atoms with Gasteiger partial charge in [0, 0.05) is 26.2 Å². The Morgan fingerprint density at radius 2 is 2.19 bits per heavy atom. The fraction of sp³-hybridized carbons (Fsp3) is 0.647. The quantitative estimate of drug-likeness (QED) is 0.874. The Bertz CT molecular complexity index is 448. The smallest absolute Gasteiger partial charge is 0.121 e. The Morgan fingerprint density at radius 3 is 2.81 bits per heavy atom. The fourth-order valence-corrected chi connectivity index (χ4v) is 3.36. The zero-order valence-corrected chi connectivity index (χ0v) is 13.5. The number of likely N-dealkylation sites (tertiary alicyclic amines) is 1. The molecule has 4 heteroatoms. The van der Waals surface area contributed by atoms with Crippen molar-refractivity contribution in [1.82, 2.24) is 4.90 Å². The second-order valence-electron chi connectivity index (χ2n) is 5.94. The molecule has 0 spiro atoms. The highest BCUT2D eigenvalue weighted by atomic mass is 16.5. The van der Waals surface area contributed by atoms with Crippen LogP contribution < -0.4 is 10.5 Å². The van der Waals surface area contributed by atoms with E-state index in [1.165, 1.54) is 24.0 Å². The van der Waals surface area contributed by atoms with Gasteiger partial charge in [0.1, 0.15) is 5.75 Å². The summed E-state index contributed by atoms with van der Waals surface area (Å²) < 4.78 is 10.7. The van der Waals surface area contributed by atoms with Crippen molar-refractivity contribution in [1.29, 1.82) is 0 Å². The molecule has 4 nitrogen and oxygen atoms in total. The van der Waals surface area contributed by atoms with Crippen molar-refractivity contribution in [2.24, 2.45) is 11.7 Å². The van der Waals surface area contributed by atoms with Crippen molar-refractivity contribution in [3.8, 4) is 5.75 Å². The molecule has 0 bridgehead atoms. The lowest BCUT2D eigenvalue weighted by Gasteiger charge is -2.38. The third-order valence-electron chi connectivity index (χ3n) is 4.42. The summed E-state index contributed by atoms with van der Waals surface area (Å²) in [5.74, 6) is 1.56. The first-order valence-electron chi connectivity index (χ1n) is 7.77. The zero-order valence-electron chi connectivity index (χ0n) is 13.5. The number of methoxy groups -OCH3 is 2. The summed E-state index contributed by atoms with van der Waals surface area (Å²) >= 11 is 0. The second-order valence-corrected chi connectivity index (χ2v) is 5.94. The minimum absolute atomic E-state index is 0.286. The number of benzene rings is 1. The van der Waals surface area contributed by atoms with Gasteiger partial charge >= 0.3 is 0 Å². The molecule has 2 rings (SSSR count). The highest BCUT2D eigenvalue weighted by molar-refractivity contribution is 5.37. The summed E-state index contributed by atoms with van der Waals surface area (Å²) in [5, 5.41) is 0. The van der Waals surface area contributed by atoms with Gasteiger partial charge in [-0.2, -0.15) is 0 Å². The summed E-state index contributed by atoms with van der Waals surface area (Å²) in [5.41, 5.74) is 8.52. The van der Waals surface area contributed by atoms with E-state index in [9.17, 15) is 0 Å². The second kappa shape index (κ2) is 7.78. The molecule has 1 aromatic rings. The van der Waals surface area contributed by atoms with Crippen LogP contribution in [-0.2, 0) is 4.74 Å². The first-order valence-corrected chi connectivity index (χ1v) is 7.77. The Morgan fingerprint density at radius 1 is 1.38 bits per heavy atom. The van der Waals surface area contributed by atoms with Crippen molar-refractivity contribution in [3.63, 3.8) is 0 Å². The molecule has 21 heavy (non-hydrogen) atoms. The fourth-order valence-electron chi connectivity index (χ4n) is 3.36. The lowest BCUT2D eigenvalue weighted by atomic mass is 9.94. The third kappa shape index (κ3) is 3.96. The van der Waals surface area contributed by atoms with E-state index in [0.29, 0.717) is 12.5 Å². The van der Waals surface area contributed by atoms with Crippen molar-refractivity contribution in [2.45, 2.75) is 25.8 Å². The molecule has 0 radical (unpaired) electrons. The van der Waals surface area contributed by atoms with Gasteiger partial charge in [-0.3, -0.25) is 4.90 Å². The average molecular weight is 292 g/mol. The van der Waals surface area contributed by atoms with Gasteiger partial charge in [-0.25, -0.2) is 0 Å². The minimum Gasteiger partial charge on any atom is -0.496 e. The van der Waals surface area contributed by atoms with E-state index >= 15 is 0 Å². The van der Waals surface area contributed by atoms with Crippen LogP contribution in [0.3, 0.4) is 0 Å². The number of hydrogen-bond donors (Lipinski definition) is 1. The Balaban J connectivity index is 2.13. The molecule has 118 valence electrons. The summed E-state index contributed by atoms with van der Waals surface area (Å²) in [6.07, 6.45) is 2.48. The number of ether oxygens (including phenoxy) is 2. The van der Waals surface area contributed by atoms with E-state index in [0.717, 1.165) is 25.4 Å². The van der Waals surface area contributed by atoms with Crippen LogP contribution >= 0.6 is 0 Å². The van der Waals surface area contributed by atoms with Crippen molar-refractivity contribution in [2.75, 3.05) is 40.5 Å². The van der Waals surface area contributed by atoms with E-state index in [4.69, 9.17) is 15.2 Å². The topological polar surface area (TPSA) is 47.7 Å². The van der Waals surface area contributed by atoms with Crippen LogP contribution in [0.2, 0.25) is 0 Å².